The maximum atomic E-state index is 11.9. The summed E-state index contributed by atoms with van der Waals surface area (Å²) < 4.78 is 13.1. The number of nitrogen functional groups attached to an aromatic ring is 1. The number of amides is 1. The fourth-order valence-electron chi connectivity index (χ4n) is 3.93. The molecule has 0 atom stereocenters. The van der Waals surface area contributed by atoms with E-state index in [1.807, 2.05) is 43.3 Å². The van der Waals surface area contributed by atoms with Gasteiger partial charge in [0, 0.05) is 28.7 Å². The Balaban J connectivity index is 1.67. The Kier molecular flexibility index (Phi) is 6.03. The van der Waals surface area contributed by atoms with Crippen molar-refractivity contribution < 1.29 is 14.3 Å². The van der Waals surface area contributed by atoms with E-state index in [0.717, 1.165) is 46.4 Å². The van der Waals surface area contributed by atoms with Crippen LogP contribution in [0.5, 0.6) is 5.75 Å². The van der Waals surface area contributed by atoms with E-state index >= 15 is 0 Å². The number of nitrogens with two attached hydrogens (primary N) is 1. The van der Waals surface area contributed by atoms with Crippen molar-refractivity contribution in [3.63, 3.8) is 0 Å². The van der Waals surface area contributed by atoms with Crippen LogP contribution in [0.2, 0.25) is 0 Å². The van der Waals surface area contributed by atoms with E-state index in [4.69, 9.17) is 15.2 Å². The van der Waals surface area contributed by atoms with Gasteiger partial charge in [0.15, 0.2) is 6.61 Å². The standard InChI is InChI=1S/C25H27N3O3/c1-3-5-15-31-25(29)27-18-11-9-17(10-12-18)24-23(26)21-14-13-20(30-4-2)16-22(21)28(24)19-7-6-8-19/h9-14,16,19H,4,6-8,15,26H2,1-2H3,(H,27,29). The summed E-state index contributed by atoms with van der Waals surface area (Å²) in [5.74, 6) is 6.23. The third kappa shape index (κ3) is 4.17. The van der Waals surface area contributed by atoms with Crippen molar-refractivity contribution in [1.29, 1.82) is 0 Å². The van der Waals surface area contributed by atoms with E-state index in [9.17, 15) is 4.79 Å². The van der Waals surface area contributed by atoms with Crippen molar-refractivity contribution in [2.75, 3.05) is 24.3 Å². The van der Waals surface area contributed by atoms with Crippen molar-refractivity contribution in [2.24, 2.45) is 0 Å². The molecule has 0 saturated heterocycles. The Labute approximate surface area is 182 Å². The van der Waals surface area contributed by atoms with Crippen molar-refractivity contribution in [3.05, 3.63) is 42.5 Å². The first-order valence-electron chi connectivity index (χ1n) is 10.6. The number of nitrogens with one attached hydrogen (secondary N) is 1. The monoisotopic (exact) mass is 417 g/mol. The molecule has 0 aliphatic heterocycles. The normalized spacial score (nSPS) is 13.2. The zero-order valence-corrected chi connectivity index (χ0v) is 17.9. The molecule has 1 fully saturated rings. The minimum atomic E-state index is -0.526. The Morgan fingerprint density at radius 2 is 2.00 bits per heavy atom. The highest BCUT2D eigenvalue weighted by atomic mass is 16.5. The molecule has 0 unspecified atom stereocenters. The van der Waals surface area contributed by atoms with Gasteiger partial charge >= 0.3 is 6.09 Å². The molecular formula is C25H27N3O3. The van der Waals surface area contributed by atoms with E-state index in [0.29, 0.717) is 18.3 Å². The number of carbonyl (C=O) groups is 1. The van der Waals surface area contributed by atoms with Gasteiger partial charge in [-0.25, -0.2) is 4.79 Å². The quantitative estimate of drug-likeness (QED) is 0.513. The van der Waals surface area contributed by atoms with Crippen molar-refractivity contribution in [1.82, 2.24) is 4.57 Å². The summed E-state index contributed by atoms with van der Waals surface area (Å²) in [4.78, 5) is 11.9. The highest BCUT2D eigenvalue weighted by molar-refractivity contribution is 6.01. The lowest BCUT2D eigenvalue weighted by atomic mass is 9.92. The van der Waals surface area contributed by atoms with Crippen LogP contribution in [0.3, 0.4) is 0 Å². The molecule has 1 amide bonds. The van der Waals surface area contributed by atoms with Gasteiger partial charge in [-0.05, 0) is 57.4 Å². The summed E-state index contributed by atoms with van der Waals surface area (Å²) in [6, 6.07) is 14.2. The second-order valence-corrected chi connectivity index (χ2v) is 7.53. The average Bonchev–Trinajstić information content (AvgIpc) is 3.00. The molecule has 0 spiro atoms. The Hall–Kier alpha value is -3.59. The molecule has 1 aromatic heterocycles. The van der Waals surface area contributed by atoms with E-state index in [1.165, 1.54) is 6.42 Å². The van der Waals surface area contributed by atoms with Gasteiger partial charge in [0.05, 0.1) is 23.5 Å². The van der Waals surface area contributed by atoms with Gasteiger partial charge in [0.25, 0.3) is 0 Å². The van der Waals surface area contributed by atoms with Gasteiger partial charge in [0.1, 0.15) is 5.75 Å². The highest BCUT2D eigenvalue weighted by Crippen LogP contribution is 2.44. The number of hydrogen-bond acceptors (Lipinski definition) is 4. The summed E-state index contributed by atoms with van der Waals surface area (Å²) >= 11 is 0. The van der Waals surface area contributed by atoms with Crippen molar-refractivity contribution in [2.45, 2.75) is 39.2 Å². The molecule has 1 aliphatic carbocycles. The average molecular weight is 418 g/mol. The van der Waals surface area contributed by atoms with Crippen molar-refractivity contribution in [3.8, 4) is 28.8 Å². The molecule has 31 heavy (non-hydrogen) atoms. The van der Waals surface area contributed by atoms with Gasteiger partial charge in [-0.3, -0.25) is 5.32 Å². The zero-order valence-electron chi connectivity index (χ0n) is 17.9. The summed E-state index contributed by atoms with van der Waals surface area (Å²) in [6.07, 6.45) is 2.98. The van der Waals surface area contributed by atoms with Gasteiger partial charge in [-0.2, -0.15) is 0 Å². The second kappa shape index (κ2) is 9.05. The summed E-state index contributed by atoms with van der Waals surface area (Å²) in [5, 5.41) is 3.75. The summed E-state index contributed by atoms with van der Waals surface area (Å²) in [6.45, 7) is 4.38. The molecule has 160 valence electrons. The molecule has 0 radical (unpaired) electrons. The first-order valence-corrected chi connectivity index (χ1v) is 10.6. The van der Waals surface area contributed by atoms with Crippen LogP contribution in [0.1, 0.15) is 39.2 Å². The number of fused-ring (bicyclic) bond motifs is 1. The highest BCUT2D eigenvalue weighted by Gasteiger charge is 2.27. The number of aromatic nitrogens is 1. The van der Waals surface area contributed by atoms with Crippen LogP contribution in [-0.4, -0.2) is 23.9 Å². The Bertz CT molecular complexity index is 1150. The predicted octanol–water partition coefficient (Wildman–Crippen LogP) is 5.59. The second-order valence-electron chi connectivity index (χ2n) is 7.53. The summed E-state index contributed by atoms with van der Waals surface area (Å²) in [5.41, 5.74) is 11.2. The third-order valence-corrected chi connectivity index (χ3v) is 5.62. The van der Waals surface area contributed by atoms with Crippen LogP contribution in [0.25, 0.3) is 22.2 Å². The number of ether oxygens (including phenoxy) is 2. The first kappa shape index (κ1) is 20.7. The fourth-order valence-corrected chi connectivity index (χ4v) is 3.93. The molecule has 4 rings (SSSR count). The molecule has 0 bridgehead atoms. The van der Waals surface area contributed by atoms with Crippen LogP contribution in [0.15, 0.2) is 42.5 Å². The Morgan fingerprint density at radius 3 is 2.65 bits per heavy atom. The molecule has 6 nitrogen and oxygen atoms in total. The molecular weight excluding hydrogens is 390 g/mol. The number of carbonyl (C=O) groups excluding carboxylic acids is 1. The lowest BCUT2D eigenvalue weighted by Crippen LogP contribution is -2.18. The topological polar surface area (TPSA) is 78.5 Å². The lowest BCUT2D eigenvalue weighted by molar-refractivity contribution is 0.176. The van der Waals surface area contributed by atoms with Gasteiger partial charge in [-0.15, -0.1) is 5.92 Å². The van der Waals surface area contributed by atoms with Crippen LogP contribution in [0, 0.1) is 11.8 Å². The minimum Gasteiger partial charge on any atom is -0.494 e. The van der Waals surface area contributed by atoms with Crippen LogP contribution in [0.4, 0.5) is 16.2 Å². The van der Waals surface area contributed by atoms with Gasteiger partial charge < -0.3 is 19.8 Å². The van der Waals surface area contributed by atoms with Gasteiger partial charge in [0.2, 0.25) is 0 Å². The molecule has 3 N–H and O–H groups in total. The van der Waals surface area contributed by atoms with Crippen LogP contribution in [-0.2, 0) is 4.74 Å². The Morgan fingerprint density at radius 1 is 1.23 bits per heavy atom. The largest absolute Gasteiger partial charge is 0.494 e. The molecule has 1 heterocycles. The third-order valence-electron chi connectivity index (χ3n) is 5.62. The minimum absolute atomic E-state index is 0.0716. The smallest absolute Gasteiger partial charge is 0.412 e. The number of benzene rings is 2. The zero-order chi connectivity index (χ0) is 21.8. The fraction of sp³-hybridized carbons (Fsp3) is 0.320. The number of hydrogen-bond donors (Lipinski definition) is 2. The molecule has 3 aromatic rings. The maximum Gasteiger partial charge on any atom is 0.412 e. The molecule has 6 heteroatoms. The van der Waals surface area contributed by atoms with Gasteiger partial charge in [-0.1, -0.05) is 18.1 Å². The van der Waals surface area contributed by atoms with Crippen molar-refractivity contribution >= 4 is 28.4 Å². The molecule has 2 aromatic carbocycles. The number of nitrogens with zero attached hydrogens (tertiary/aromatic N) is 1. The summed E-state index contributed by atoms with van der Waals surface area (Å²) in [7, 11) is 0. The SMILES string of the molecule is CC#CCOC(=O)Nc1ccc(-c2c(N)c3ccc(OCC)cc3n2C2CCC2)cc1. The number of rotatable bonds is 6. The van der Waals surface area contributed by atoms with Crippen LogP contribution >= 0.6 is 0 Å². The van der Waals surface area contributed by atoms with E-state index in [2.05, 4.69) is 27.8 Å². The predicted molar refractivity (Wildman–Crippen MR) is 124 cm³/mol. The molecule has 1 aliphatic rings. The number of anilines is 2. The van der Waals surface area contributed by atoms with E-state index < -0.39 is 6.09 Å². The van der Waals surface area contributed by atoms with Crippen LogP contribution < -0.4 is 15.8 Å². The lowest BCUT2D eigenvalue weighted by Gasteiger charge is -2.30. The van der Waals surface area contributed by atoms with E-state index in [1.54, 1.807) is 6.92 Å². The first-order chi connectivity index (χ1) is 15.1. The van der Waals surface area contributed by atoms with E-state index in [-0.39, 0.29) is 6.61 Å². The molecule has 1 saturated carbocycles. The maximum absolute atomic E-state index is 11.9.